The molecule has 0 amide bonds. The maximum absolute atomic E-state index is 13.7. The second-order valence-corrected chi connectivity index (χ2v) is 6.89. The predicted octanol–water partition coefficient (Wildman–Crippen LogP) is 6.70. The van der Waals surface area contributed by atoms with Gasteiger partial charge in [-0.25, -0.2) is 0 Å². The van der Waals surface area contributed by atoms with E-state index in [-0.39, 0.29) is 23.1 Å². The van der Waals surface area contributed by atoms with E-state index in [4.69, 9.17) is 9.15 Å². The summed E-state index contributed by atoms with van der Waals surface area (Å²) in [6.07, 6.45) is -3.11. The number of ether oxygens (including phenoxy) is 1. The van der Waals surface area contributed by atoms with Gasteiger partial charge in [0.05, 0.1) is 10.9 Å². The van der Waals surface area contributed by atoms with Gasteiger partial charge in [0, 0.05) is 6.07 Å². The molecule has 1 aromatic heterocycles. The van der Waals surface area contributed by atoms with Crippen molar-refractivity contribution in [1.29, 1.82) is 0 Å². The van der Waals surface area contributed by atoms with E-state index < -0.39 is 22.9 Å². The van der Waals surface area contributed by atoms with E-state index in [9.17, 15) is 18.0 Å². The van der Waals surface area contributed by atoms with Crippen LogP contribution in [-0.4, -0.2) is 0 Å². The lowest BCUT2D eigenvalue weighted by molar-refractivity contribution is -0.152. The van der Waals surface area contributed by atoms with Crippen molar-refractivity contribution < 1.29 is 22.3 Å². The van der Waals surface area contributed by atoms with Crippen LogP contribution in [0.2, 0.25) is 0 Å². The second-order valence-electron chi connectivity index (χ2n) is 6.89. The van der Waals surface area contributed by atoms with Crippen LogP contribution >= 0.6 is 0 Å². The molecule has 4 aromatic rings. The van der Waals surface area contributed by atoms with Crippen molar-refractivity contribution in [2.75, 3.05) is 0 Å². The molecule has 0 atom stereocenters. The molecule has 6 heteroatoms. The van der Waals surface area contributed by atoms with Crippen LogP contribution in [0, 0.1) is 0 Å². The molecule has 0 aliphatic rings. The fraction of sp³-hybridized carbons (Fsp3) is 0.0800. The van der Waals surface area contributed by atoms with E-state index in [2.05, 4.69) is 6.58 Å². The number of halogens is 3. The van der Waals surface area contributed by atoms with Gasteiger partial charge in [-0.3, -0.25) is 4.79 Å². The van der Waals surface area contributed by atoms with E-state index in [0.717, 1.165) is 11.1 Å². The van der Waals surface area contributed by atoms with Crippen LogP contribution in [0.25, 0.3) is 28.2 Å². The Balaban J connectivity index is 1.74. The van der Waals surface area contributed by atoms with Crippen LogP contribution in [-0.2, 0) is 12.8 Å². The summed E-state index contributed by atoms with van der Waals surface area (Å²) < 4.78 is 52.0. The molecule has 31 heavy (non-hydrogen) atoms. The zero-order valence-corrected chi connectivity index (χ0v) is 16.3. The zero-order valence-electron chi connectivity index (χ0n) is 16.3. The van der Waals surface area contributed by atoms with E-state index in [1.54, 1.807) is 30.3 Å². The van der Waals surface area contributed by atoms with Crippen molar-refractivity contribution in [3.8, 4) is 16.9 Å². The quantitative estimate of drug-likeness (QED) is 0.359. The zero-order chi connectivity index (χ0) is 22.0. The maximum atomic E-state index is 13.7. The van der Waals surface area contributed by atoms with Crippen molar-refractivity contribution in [3.63, 3.8) is 0 Å². The summed E-state index contributed by atoms with van der Waals surface area (Å²) in [5.74, 6) is -1.03. The molecular formula is C25H17F3O3. The van der Waals surface area contributed by atoms with Crippen LogP contribution in [0.3, 0.4) is 0 Å². The first-order valence-electron chi connectivity index (χ1n) is 9.44. The van der Waals surface area contributed by atoms with Crippen molar-refractivity contribution in [1.82, 2.24) is 0 Å². The lowest BCUT2D eigenvalue weighted by Crippen LogP contribution is -2.16. The van der Waals surface area contributed by atoms with Gasteiger partial charge in [0.25, 0.3) is 0 Å². The topological polar surface area (TPSA) is 39.4 Å². The van der Waals surface area contributed by atoms with Gasteiger partial charge in [0.1, 0.15) is 17.9 Å². The largest absolute Gasteiger partial charge is 0.489 e. The highest BCUT2D eigenvalue weighted by Gasteiger charge is 2.39. The van der Waals surface area contributed by atoms with Crippen LogP contribution in [0.5, 0.6) is 5.75 Å². The third-order valence-electron chi connectivity index (χ3n) is 4.80. The first-order chi connectivity index (χ1) is 14.9. The van der Waals surface area contributed by atoms with Crippen LogP contribution in [0.15, 0.2) is 88.6 Å². The molecule has 3 aromatic carbocycles. The lowest BCUT2D eigenvalue weighted by atomic mass is 10.0. The third kappa shape index (κ3) is 4.23. The molecule has 0 aliphatic heterocycles. The SMILES string of the molecule is C=Cc1ccc(COc2ccc3c(=O)c(-c4ccccc4)c(C(F)(F)F)oc3c2)cc1. The molecule has 0 N–H and O–H groups in total. The summed E-state index contributed by atoms with van der Waals surface area (Å²) in [6, 6.07) is 19.5. The van der Waals surface area contributed by atoms with E-state index in [1.165, 1.54) is 24.3 Å². The fourth-order valence-corrected chi connectivity index (χ4v) is 3.25. The average Bonchev–Trinajstić information content (AvgIpc) is 2.77. The van der Waals surface area contributed by atoms with E-state index in [0.29, 0.717) is 5.75 Å². The smallest absolute Gasteiger partial charge is 0.450 e. The number of benzene rings is 3. The number of alkyl halides is 3. The summed E-state index contributed by atoms with van der Waals surface area (Å²) in [5, 5.41) is 0.0505. The monoisotopic (exact) mass is 422 g/mol. The predicted molar refractivity (Wildman–Crippen MR) is 114 cm³/mol. The minimum absolute atomic E-state index is 0.0505. The van der Waals surface area contributed by atoms with Gasteiger partial charge in [-0.2, -0.15) is 13.2 Å². The molecule has 0 spiro atoms. The summed E-state index contributed by atoms with van der Waals surface area (Å²) in [4.78, 5) is 12.9. The Kier molecular flexibility index (Phi) is 5.38. The third-order valence-corrected chi connectivity index (χ3v) is 4.80. The number of rotatable bonds is 5. The van der Waals surface area contributed by atoms with Crippen molar-refractivity contribution >= 4 is 17.0 Å². The first-order valence-corrected chi connectivity index (χ1v) is 9.44. The Labute approximate surface area is 176 Å². The first kappa shape index (κ1) is 20.5. The molecule has 0 radical (unpaired) electrons. The summed E-state index contributed by atoms with van der Waals surface area (Å²) in [5.41, 5.74) is 0.556. The standard InChI is InChI=1S/C25H17F3O3/c1-2-16-8-10-17(11-9-16)15-30-19-12-13-20-21(14-19)31-24(25(26,27)28)22(23(20)29)18-6-4-3-5-7-18/h2-14H,1,15H2. The second kappa shape index (κ2) is 8.14. The molecule has 0 aliphatic carbocycles. The van der Waals surface area contributed by atoms with Gasteiger partial charge in [0.2, 0.25) is 11.2 Å². The average molecular weight is 422 g/mol. The molecule has 0 fully saturated rings. The van der Waals surface area contributed by atoms with Gasteiger partial charge in [-0.05, 0) is 28.8 Å². The van der Waals surface area contributed by atoms with Gasteiger partial charge < -0.3 is 9.15 Å². The lowest BCUT2D eigenvalue weighted by Gasteiger charge is -2.13. The summed E-state index contributed by atoms with van der Waals surface area (Å²) in [7, 11) is 0. The summed E-state index contributed by atoms with van der Waals surface area (Å²) >= 11 is 0. The molecule has 4 rings (SSSR count). The Bertz CT molecular complexity index is 1290. The van der Waals surface area contributed by atoms with Gasteiger partial charge >= 0.3 is 6.18 Å². The molecule has 0 saturated carbocycles. The van der Waals surface area contributed by atoms with Gasteiger partial charge in [-0.15, -0.1) is 0 Å². The van der Waals surface area contributed by atoms with Crippen LogP contribution in [0.1, 0.15) is 16.9 Å². The minimum Gasteiger partial charge on any atom is -0.489 e. The highest BCUT2D eigenvalue weighted by atomic mass is 19.4. The fourth-order valence-electron chi connectivity index (χ4n) is 3.25. The van der Waals surface area contributed by atoms with Crippen LogP contribution in [0.4, 0.5) is 13.2 Å². The number of fused-ring (bicyclic) bond motifs is 1. The van der Waals surface area contributed by atoms with E-state index >= 15 is 0 Å². The molecule has 0 saturated heterocycles. The van der Waals surface area contributed by atoms with E-state index in [1.807, 2.05) is 24.3 Å². The Hall–Kier alpha value is -3.80. The Morgan fingerprint density at radius 2 is 1.68 bits per heavy atom. The number of hydrogen-bond donors (Lipinski definition) is 0. The highest BCUT2D eigenvalue weighted by molar-refractivity contribution is 5.84. The Morgan fingerprint density at radius 1 is 0.968 bits per heavy atom. The Morgan fingerprint density at radius 3 is 2.32 bits per heavy atom. The highest BCUT2D eigenvalue weighted by Crippen LogP contribution is 2.37. The van der Waals surface area contributed by atoms with Gasteiger partial charge in [0.15, 0.2) is 0 Å². The normalized spacial score (nSPS) is 11.5. The van der Waals surface area contributed by atoms with Crippen molar-refractivity contribution in [2.24, 2.45) is 0 Å². The molecule has 3 nitrogen and oxygen atoms in total. The molecule has 0 bridgehead atoms. The molecule has 1 heterocycles. The molecular weight excluding hydrogens is 405 g/mol. The minimum atomic E-state index is -4.83. The maximum Gasteiger partial charge on any atom is 0.450 e. The molecule has 0 unspecified atom stereocenters. The number of hydrogen-bond acceptors (Lipinski definition) is 3. The molecule has 156 valence electrons. The van der Waals surface area contributed by atoms with Gasteiger partial charge in [-0.1, -0.05) is 67.3 Å². The van der Waals surface area contributed by atoms with Crippen molar-refractivity contribution in [2.45, 2.75) is 12.8 Å². The summed E-state index contributed by atoms with van der Waals surface area (Å²) in [6.45, 7) is 3.90. The van der Waals surface area contributed by atoms with Crippen LogP contribution < -0.4 is 10.2 Å². The van der Waals surface area contributed by atoms with Crippen molar-refractivity contribution in [3.05, 3.63) is 106 Å².